The Hall–Kier alpha value is -2.58. The Labute approximate surface area is 158 Å². The van der Waals surface area contributed by atoms with E-state index in [4.69, 9.17) is 9.47 Å². The lowest BCUT2D eigenvalue weighted by Crippen LogP contribution is -2.27. The van der Waals surface area contributed by atoms with Crippen LogP contribution in [0.2, 0.25) is 0 Å². The maximum Gasteiger partial charge on any atom is 0.251 e. The Morgan fingerprint density at radius 2 is 1.89 bits per heavy atom. The third-order valence-electron chi connectivity index (χ3n) is 4.23. The molecule has 2 aromatic rings. The van der Waals surface area contributed by atoms with Gasteiger partial charge in [-0.15, -0.1) is 0 Å². The molecule has 27 heavy (non-hydrogen) atoms. The standard InChI is InChI=1S/C19H22N2O5S/c1-3-21-27(23,24)15-6-4-13(2)16(11-15)19(22)20-9-8-14-5-7-17-18(10-14)26-12-25-17/h4-7,10-11,21H,3,8-9,12H2,1-2H3,(H,20,22). The normalized spacial score (nSPS) is 12.8. The molecule has 1 amide bonds. The van der Waals surface area contributed by atoms with E-state index in [9.17, 15) is 13.2 Å². The van der Waals surface area contributed by atoms with Gasteiger partial charge in [-0.1, -0.05) is 19.1 Å². The molecule has 1 aliphatic heterocycles. The zero-order chi connectivity index (χ0) is 19.4. The second-order valence-corrected chi connectivity index (χ2v) is 7.94. The number of hydrogen-bond donors (Lipinski definition) is 2. The van der Waals surface area contributed by atoms with Crippen LogP contribution in [0.25, 0.3) is 0 Å². The summed E-state index contributed by atoms with van der Waals surface area (Å²) in [4.78, 5) is 12.6. The molecule has 0 saturated heterocycles. The van der Waals surface area contributed by atoms with Crippen molar-refractivity contribution in [1.29, 1.82) is 0 Å². The van der Waals surface area contributed by atoms with Gasteiger partial charge in [-0.05, 0) is 48.7 Å². The van der Waals surface area contributed by atoms with Crippen LogP contribution in [0.4, 0.5) is 0 Å². The molecule has 0 spiro atoms. The molecular weight excluding hydrogens is 368 g/mol. The fraction of sp³-hybridized carbons (Fsp3) is 0.316. The molecule has 0 bridgehead atoms. The van der Waals surface area contributed by atoms with Crippen LogP contribution in [0.15, 0.2) is 41.3 Å². The van der Waals surface area contributed by atoms with Gasteiger partial charge in [0.05, 0.1) is 4.90 Å². The molecule has 7 nitrogen and oxygen atoms in total. The van der Waals surface area contributed by atoms with Gasteiger partial charge in [0, 0.05) is 18.7 Å². The van der Waals surface area contributed by atoms with Crippen LogP contribution in [0.1, 0.15) is 28.4 Å². The summed E-state index contributed by atoms with van der Waals surface area (Å²) >= 11 is 0. The van der Waals surface area contributed by atoms with Crippen LogP contribution in [-0.2, 0) is 16.4 Å². The molecular formula is C19H22N2O5S. The van der Waals surface area contributed by atoms with Gasteiger partial charge >= 0.3 is 0 Å². The third kappa shape index (κ3) is 4.40. The molecule has 1 heterocycles. The zero-order valence-corrected chi connectivity index (χ0v) is 16.1. The van der Waals surface area contributed by atoms with Gasteiger partial charge in [0.2, 0.25) is 16.8 Å². The Morgan fingerprint density at radius 3 is 2.67 bits per heavy atom. The first-order valence-corrected chi connectivity index (χ1v) is 10.2. The van der Waals surface area contributed by atoms with Crippen molar-refractivity contribution in [2.45, 2.75) is 25.2 Å². The minimum Gasteiger partial charge on any atom is -0.454 e. The number of carbonyl (C=O) groups excluding carboxylic acids is 1. The summed E-state index contributed by atoms with van der Waals surface area (Å²) in [7, 11) is -3.61. The number of sulfonamides is 1. The summed E-state index contributed by atoms with van der Waals surface area (Å²) < 4.78 is 37.3. The van der Waals surface area contributed by atoms with Crippen LogP contribution in [0.3, 0.4) is 0 Å². The Bertz CT molecular complexity index is 957. The molecule has 2 N–H and O–H groups in total. The van der Waals surface area contributed by atoms with E-state index in [1.165, 1.54) is 12.1 Å². The minimum absolute atomic E-state index is 0.0795. The third-order valence-corrected chi connectivity index (χ3v) is 5.78. The molecule has 0 atom stereocenters. The zero-order valence-electron chi connectivity index (χ0n) is 15.2. The van der Waals surface area contributed by atoms with Gasteiger partial charge in [-0.2, -0.15) is 0 Å². The molecule has 144 valence electrons. The van der Waals surface area contributed by atoms with Gasteiger partial charge in [0.15, 0.2) is 11.5 Å². The van der Waals surface area contributed by atoms with Gasteiger partial charge in [-0.25, -0.2) is 13.1 Å². The van der Waals surface area contributed by atoms with Crippen molar-refractivity contribution in [3.8, 4) is 11.5 Å². The lowest BCUT2D eigenvalue weighted by molar-refractivity contribution is 0.0953. The molecule has 1 aliphatic rings. The number of fused-ring (bicyclic) bond motifs is 1. The van der Waals surface area contributed by atoms with Crippen molar-refractivity contribution >= 4 is 15.9 Å². The van der Waals surface area contributed by atoms with E-state index in [0.29, 0.717) is 29.8 Å². The van der Waals surface area contributed by atoms with Crippen LogP contribution in [-0.4, -0.2) is 34.2 Å². The molecule has 2 aromatic carbocycles. The van der Waals surface area contributed by atoms with Gasteiger partial charge in [0.25, 0.3) is 5.91 Å². The van der Waals surface area contributed by atoms with Gasteiger partial charge < -0.3 is 14.8 Å². The van der Waals surface area contributed by atoms with Crippen molar-refractivity contribution in [2.75, 3.05) is 19.9 Å². The van der Waals surface area contributed by atoms with Crippen molar-refractivity contribution in [3.05, 3.63) is 53.1 Å². The number of amides is 1. The molecule has 0 unspecified atom stereocenters. The van der Waals surface area contributed by atoms with Gasteiger partial charge in [-0.3, -0.25) is 4.79 Å². The summed E-state index contributed by atoms with van der Waals surface area (Å²) in [6.45, 7) is 4.40. The molecule has 0 aliphatic carbocycles. The van der Waals surface area contributed by atoms with E-state index in [1.807, 2.05) is 18.2 Å². The smallest absolute Gasteiger partial charge is 0.251 e. The number of rotatable bonds is 7. The monoisotopic (exact) mass is 390 g/mol. The average Bonchev–Trinajstić information content (AvgIpc) is 3.09. The maximum absolute atomic E-state index is 12.5. The van der Waals surface area contributed by atoms with E-state index < -0.39 is 10.0 Å². The lowest BCUT2D eigenvalue weighted by atomic mass is 10.1. The van der Waals surface area contributed by atoms with Crippen LogP contribution >= 0.6 is 0 Å². The number of benzene rings is 2. The summed E-state index contributed by atoms with van der Waals surface area (Å²) in [6, 6.07) is 10.2. The predicted molar refractivity (Wildman–Crippen MR) is 101 cm³/mol. The number of aryl methyl sites for hydroxylation is 1. The van der Waals surface area contributed by atoms with Crippen molar-refractivity contribution in [3.63, 3.8) is 0 Å². The Kier molecular flexibility index (Phi) is 5.67. The first-order chi connectivity index (χ1) is 12.9. The fourth-order valence-corrected chi connectivity index (χ4v) is 3.87. The van der Waals surface area contributed by atoms with Crippen LogP contribution < -0.4 is 19.5 Å². The summed E-state index contributed by atoms with van der Waals surface area (Å²) in [6.07, 6.45) is 0.622. The van der Waals surface area contributed by atoms with Gasteiger partial charge in [0.1, 0.15) is 0 Å². The highest BCUT2D eigenvalue weighted by molar-refractivity contribution is 7.89. The van der Waals surface area contributed by atoms with Crippen LogP contribution in [0, 0.1) is 6.92 Å². The molecule has 0 radical (unpaired) electrons. The van der Waals surface area contributed by atoms with E-state index in [-0.39, 0.29) is 24.1 Å². The lowest BCUT2D eigenvalue weighted by Gasteiger charge is -2.11. The second kappa shape index (κ2) is 7.98. The van der Waals surface area contributed by atoms with E-state index >= 15 is 0 Å². The van der Waals surface area contributed by atoms with Crippen molar-refractivity contribution in [2.24, 2.45) is 0 Å². The Balaban J connectivity index is 1.65. The minimum atomic E-state index is -3.61. The highest BCUT2D eigenvalue weighted by atomic mass is 32.2. The van der Waals surface area contributed by atoms with Crippen molar-refractivity contribution in [1.82, 2.24) is 10.0 Å². The number of carbonyl (C=O) groups is 1. The predicted octanol–water partition coefficient (Wildman–Crippen LogP) is 1.99. The topological polar surface area (TPSA) is 93.7 Å². The van der Waals surface area contributed by atoms with E-state index in [2.05, 4.69) is 10.0 Å². The number of ether oxygens (including phenoxy) is 2. The van der Waals surface area contributed by atoms with E-state index in [0.717, 1.165) is 11.3 Å². The average molecular weight is 390 g/mol. The molecule has 0 aromatic heterocycles. The van der Waals surface area contributed by atoms with Crippen LogP contribution in [0.5, 0.6) is 11.5 Å². The fourth-order valence-electron chi connectivity index (χ4n) is 2.80. The van der Waals surface area contributed by atoms with E-state index in [1.54, 1.807) is 19.9 Å². The summed E-state index contributed by atoms with van der Waals surface area (Å²) in [5.41, 5.74) is 2.07. The summed E-state index contributed by atoms with van der Waals surface area (Å²) in [5.74, 6) is 1.12. The molecule has 3 rings (SSSR count). The highest BCUT2D eigenvalue weighted by Crippen LogP contribution is 2.32. The Morgan fingerprint density at radius 1 is 1.11 bits per heavy atom. The molecule has 0 fully saturated rings. The number of hydrogen-bond acceptors (Lipinski definition) is 5. The number of nitrogens with one attached hydrogen (secondary N) is 2. The largest absolute Gasteiger partial charge is 0.454 e. The first-order valence-electron chi connectivity index (χ1n) is 8.68. The first kappa shape index (κ1) is 19.2. The molecule has 8 heteroatoms. The quantitative estimate of drug-likeness (QED) is 0.754. The maximum atomic E-state index is 12.5. The summed E-state index contributed by atoms with van der Waals surface area (Å²) in [5, 5.41) is 2.84. The highest BCUT2D eigenvalue weighted by Gasteiger charge is 2.17. The SMILES string of the molecule is CCNS(=O)(=O)c1ccc(C)c(C(=O)NCCc2ccc3c(c2)OCO3)c1. The molecule has 0 saturated carbocycles. The second-order valence-electron chi connectivity index (χ2n) is 6.17. The van der Waals surface area contributed by atoms with Crippen molar-refractivity contribution < 1.29 is 22.7 Å².